The number of aromatic nitrogens is 3. The van der Waals surface area contributed by atoms with Gasteiger partial charge in [0.25, 0.3) is 5.91 Å². The topological polar surface area (TPSA) is 130 Å². The fraction of sp³-hybridized carbons (Fsp3) is 0.174. The van der Waals surface area contributed by atoms with Crippen molar-refractivity contribution in [2.45, 2.75) is 12.7 Å². The SMILES string of the molecule is Cn1oc(=O)nc1/C(=N\OCc1csc(NC(=O)C2COc3ccccc3O2)n1)c1ccccc1. The van der Waals surface area contributed by atoms with Crippen molar-refractivity contribution in [1.82, 2.24) is 14.7 Å². The molecule has 3 heterocycles. The Morgan fingerprint density at radius 1 is 1.17 bits per heavy atom. The summed E-state index contributed by atoms with van der Waals surface area (Å²) in [5, 5.41) is 9.04. The van der Waals surface area contributed by atoms with Crippen LogP contribution in [0.15, 0.2) is 74.5 Å². The first-order valence-corrected chi connectivity index (χ1v) is 11.4. The number of rotatable bonds is 7. The number of nitrogens with one attached hydrogen (secondary N) is 1. The van der Waals surface area contributed by atoms with Gasteiger partial charge in [-0.2, -0.15) is 9.72 Å². The number of fused-ring (bicyclic) bond motifs is 1. The molecule has 2 aromatic carbocycles. The Hall–Kier alpha value is -4.45. The zero-order chi connectivity index (χ0) is 24.2. The first-order chi connectivity index (χ1) is 17.1. The molecule has 0 radical (unpaired) electrons. The van der Waals surface area contributed by atoms with Crippen molar-refractivity contribution in [2.75, 3.05) is 11.9 Å². The summed E-state index contributed by atoms with van der Waals surface area (Å²) >= 11 is 1.24. The maximum Gasteiger partial charge on any atom is 0.460 e. The number of hydrogen-bond donors (Lipinski definition) is 1. The highest BCUT2D eigenvalue weighted by molar-refractivity contribution is 7.13. The predicted octanol–water partition coefficient (Wildman–Crippen LogP) is 2.58. The smallest absolute Gasteiger partial charge is 0.460 e. The number of para-hydroxylation sites is 2. The van der Waals surface area contributed by atoms with E-state index in [0.717, 1.165) is 0 Å². The van der Waals surface area contributed by atoms with E-state index in [4.69, 9.17) is 18.8 Å². The van der Waals surface area contributed by atoms with E-state index in [9.17, 15) is 9.59 Å². The molecular weight excluding hydrogens is 474 g/mol. The Labute approximate surface area is 202 Å². The molecule has 1 atom stereocenters. The summed E-state index contributed by atoms with van der Waals surface area (Å²) in [5.41, 5.74) is 1.58. The number of ether oxygens (including phenoxy) is 2. The molecule has 0 aliphatic carbocycles. The standard InChI is InChI=1S/C23H19N5O6S/c1-28-20(25-23(30)34-28)19(14-7-3-2-4-8-14)27-32-11-15-13-35-22(24-15)26-21(29)18-12-31-16-9-5-6-10-17(16)33-18/h2-10,13,18H,11-12H2,1H3,(H,24,26,29)/b27-19-. The lowest BCUT2D eigenvalue weighted by Crippen LogP contribution is -2.40. The largest absolute Gasteiger partial charge is 0.485 e. The van der Waals surface area contributed by atoms with Crippen molar-refractivity contribution in [3.8, 4) is 11.5 Å². The van der Waals surface area contributed by atoms with Crippen molar-refractivity contribution in [3.63, 3.8) is 0 Å². The van der Waals surface area contributed by atoms with Gasteiger partial charge in [0.05, 0.1) is 5.69 Å². The number of anilines is 1. The molecule has 35 heavy (non-hydrogen) atoms. The molecule has 1 unspecified atom stereocenters. The monoisotopic (exact) mass is 493 g/mol. The minimum Gasteiger partial charge on any atom is -0.485 e. The Bertz CT molecular complexity index is 1430. The second kappa shape index (κ2) is 9.81. The number of hydrogen-bond acceptors (Lipinski definition) is 10. The number of thiazole rings is 1. The van der Waals surface area contributed by atoms with E-state index < -0.39 is 11.9 Å². The first kappa shape index (κ1) is 22.3. The van der Waals surface area contributed by atoms with E-state index in [0.29, 0.717) is 33.6 Å². The average molecular weight is 494 g/mol. The molecule has 12 heteroatoms. The number of oxime groups is 1. The maximum absolute atomic E-state index is 12.6. The molecule has 0 saturated carbocycles. The lowest BCUT2D eigenvalue weighted by Gasteiger charge is -2.25. The fourth-order valence-corrected chi connectivity index (χ4v) is 3.98. The molecule has 0 bridgehead atoms. The van der Waals surface area contributed by atoms with Gasteiger partial charge in [-0.05, 0) is 12.1 Å². The minimum atomic E-state index is -0.791. The summed E-state index contributed by atoms with van der Waals surface area (Å²) in [4.78, 5) is 37.9. The van der Waals surface area contributed by atoms with Gasteiger partial charge in [-0.25, -0.2) is 9.78 Å². The molecular formula is C23H19N5O6S. The summed E-state index contributed by atoms with van der Waals surface area (Å²) < 4.78 is 17.5. The molecule has 1 amide bonds. The Balaban J connectivity index is 1.23. The highest BCUT2D eigenvalue weighted by atomic mass is 32.1. The summed E-state index contributed by atoms with van der Waals surface area (Å²) in [5.74, 6) is 0.249. The van der Waals surface area contributed by atoms with Crippen LogP contribution in [0.3, 0.4) is 0 Å². The van der Waals surface area contributed by atoms with Crippen molar-refractivity contribution >= 4 is 28.1 Å². The summed E-state index contributed by atoms with van der Waals surface area (Å²) in [6, 6.07) is 16.3. The van der Waals surface area contributed by atoms with Crippen molar-refractivity contribution < 1.29 is 23.6 Å². The fourth-order valence-electron chi connectivity index (χ4n) is 3.29. The third kappa shape index (κ3) is 5.06. The van der Waals surface area contributed by atoms with Gasteiger partial charge in [0.15, 0.2) is 34.8 Å². The zero-order valence-electron chi connectivity index (χ0n) is 18.4. The molecule has 0 saturated heterocycles. The van der Waals surface area contributed by atoms with Gasteiger partial charge in [0.2, 0.25) is 6.10 Å². The normalized spacial score (nSPS) is 15.0. The summed E-state index contributed by atoms with van der Waals surface area (Å²) in [7, 11) is 1.55. The second-order valence-corrected chi connectivity index (χ2v) is 8.23. The van der Waals surface area contributed by atoms with Gasteiger partial charge in [-0.1, -0.05) is 47.6 Å². The Kier molecular flexibility index (Phi) is 6.26. The van der Waals surface area contributed by atoms with Crippen LogP contribution in [-0.2, 0) is 23.3 Å². The van der Waals surface area contributed by atoms with Crippen LogP contribution < -0.4 is 20.5 Å². The quantitative estimate of drug-likeness (QED) is 0.307. The summed E-state index contributed by atoms with van der Waals surface area (Å²) in [6.07, 6.45) is -0.791. The van der Waals surface area contributed by atoms with Crippen LogP contribution in [0, 0.1) is 0 Å². The number of carbonyl (C=O) groups is 1. The minimum absolute atomic E-state index is 0.0327. The van der Waals surface area contributed by atoms with Gasteiger partial charge in [0.1, 0.15) is 6.61 Å². The maximum atomic E-state index is 12.6. The molecule has 1 aliphatic rings. The number of nitrogens with zero attached hydrogens (tertiary/aromatic N) is 4. The van der Waals surface area contributed by atoms with Gasteiger partial charge in [-0.3, -0.25) is 10.1 Å². The molecule has 1 aliphatic heterocycles. The van der Waals surface area contributed by atoms with Gasteiger partial charge in [-0.15, -0.1) is 11.3 Å². The van der Waals surface area contributed by atoms with Crippen LogP contribution in [0.5, 0.6) is 11.5 Å². The predicted molar refractivity (Wildman–Crippen MR) is 126 cm³/mol. The van der Waals surface area contributed by atoms with Crippen molar-refractivity contribution in [3.05, 3.63) is 87.6 Å². The highest BCUT2D eigenvalue weighted by Crippen LogP contribution is 2.31. The number of carbonyl (C=O) groups excluding carboxylic acids is 1. The third-order valence-electron chi connectivity index (χ3n) is 4.92. The molecule has 0 fully saturated rings. The molecule has 178 valence electrons. The molecule has 11 nitrogen and oxygen atoms in total. The van der Waals surface area contributed by atoms with E-state index >= 15 is 0 Å². The van der Waals surface area contributed by atoms with E-state index in [-0.39, 0.29) is 24.9 Å². The molecule has 5 rings (SSSR count). The molecule has 4 aromatic rings. The number of benzene rings is 2. The van der Waals surface area contributed by atoms with E-state index in [2.05, 4.69) is 20.4 Å². The third-order valence-corrected chi connectivity index (χ3v) is 5.73. The van der Waals surface area contributed by atoms with Crippen LogP contribution in [0.4, 0.5) is 5.13 Å². The molecule has 2 aromatic heterocycles. The average Bonchev–Trinajstić information content (AvgIpc) is 3.46. The lowest BCUT2D eigenvalue weighted by molar-refractivity contribution is -0.125. The van der Waals surface area contributed by atoms with Crippen LogP contribution >= 0.6 is 11.3 Å². The van der Waals surface area contributed by atoms with E-state index in [1.807, 2.05) is 42.5 Å². The van der Waals surface area contributed by atoms with Crippen LogP contribution in [-0.4, -0.2) is 39.0 Å². The number of aryl methyl sites for hydroxylation is 1. The van der Waals surface area contributed by atoms with Crippen molar-refractivity contribution in [1.29, 1.82) is 0 Å². The van der Waals surface area contributed by atoms with Crippen LogP contribution in [0.1, 0.15) is 17.1 Å². The van der Waals surface area contributed by atoms with E-state index in [1.54, 1.807) is 24.6 Å². The summed E-state index contributed by atoms with van der Waals surface area (Å²) in [6.45, 7) is 0.136. The molecule has 0 spiro atoms. The second-order valence-electron chi connectivity index (χ2n) is 7.37. The first-order valence-electron chi connectivity index (χ1n) is 10.5. The Morgan fingerprint density at radius 3 is 2.71 bits per heavy atom. The van der Waals surface area contributed by atoms with Crippen LogP contribution in [0.25, 0.3) is 0 Å². The van der Waals surface area contributed by atoms with E-state index in [1.165, 1.54) is 16.1 Å². The lowest BCUT2D eigenvalue weighted by atomic mass is 10.1. The van der Waals surface area contributed by atoms with Gasteiger partial charge < -0.3 is 18.8 Å². The zero-order valence-corrected chi connectivity index (χ0v) is 19.2. The van der Waals surface area contributed by atoms with Gasteiger partial charge in [0, 0.05) is 18.0 Å². The van der Waals surface area contributed by atoms with Crippen LogP contribution in [0.2, 0.25) is 0 Å². The van der Waals surface area contributed by atoms with Gasteiger partial charge >= 0.3 is 5.76 Å². The number of amides is 1. The highest BCUT2D eigenvalue weighted by Gasteiger charge is 2.28. The van der Waals surface area contributed by atoms with Crippen molar-refractivity contribution in [2.24, 2.45) is 12.2 Å². The Morgan fingerprint density at radius 2 is 1.94 bits per heavy atom. The molecule has 1 N–H and O–H groups in total.